The quantitative estimate of drug-likeness (QED) is 0.782. The summed E-state index contributed by atoms with van der Waals surface area (Å²) in [4.78, 5) is 8.90. The Balaban J connectivity index is 0.000000279. The van der Waals surface area contributed by atoms with Crippen LogP contribution in [0.2, 0.25) is 0 Å². The van der Waals surface area contributed by atoms with Crippen molar-refractivity contribution in [3.63, 3.8) is 0 Å². The van der Waals surface area contributed by atoms with E-state index in [0.29, 0.717) is 6.04 Å². The van der Waals surface area contributed by atoms with Gasteiger partial charge in [-0.1, -0.05) is 0 Å². The fourth-order valence-electron chi connectivity index (χ4n) is 3.32. The maximum absolute atomic E-state index is 10.6. The Morgan fingerprint density at radius 1 is 1.25 bits per heavy atom. The minimum Gasteiger partial charge on any atom is -0.475 e. The summed E-state index contributed by atoms with van der Waals surface area (Å²) in [5.41, 5.74) is 2.56. The zero-order valence-electron chi connectivity index (χ0n) is 15.6. The molecule has 10 heteroatoms. The van der Waals surface area contributed by atoms with Crippen molar-refractivity contribution in [3.8, 4) is 0 Å². The number of aromatic nitrogens is 2. The van der Waals surface area contributed by atoms with Crippen LogP contribution < -0.4 is 5.32 Å². The summed E-state index contributed by atoms with van der Waals surface area (Å²) < 4.78 is 45.3. The molecule has 0 spiro atoms. The van der Waals surface area contributed by atoms with E-state index in [2.05, 4.69) is 16.2 Å². The Hall–Kier alpha value is -1.65. The highest BCUT2D eigenvalue weighted by atomic mass is 19.4. The molecule has 0 bridgehead atoms. The first-order valence-electron chi connectivity index (χ1n) is 9.62. The second kappa shape index (κ2) is 9.23. The van der Waals surface area contributed by atoms with Crippen molar-refractivity contribution in [1.82, 2.24) is 15.1 Å². The second-order valence-corrected chi connectivity index (χ2v) is 7.41. The van der Waals surface area contributed by atoms with Gasteiger partial charge in [0.1, 0.15) is 6.10 Å². The molecule has 28 heavy (non-hydrogen) atoms. The summed E-state index contributed by atoms with van der Waals surface area (Å²) in [5, 5.41) is 15.6. The lowest BCUT2D eigenvalue weighted by Gasteiger charge is -2.27. The molecule has 1 aliphatic carbocycles. The van der Waals surface area contributed by atoms with Crippen molar-refractivity contribution < 1.29 is 32.5 Å². The van der Waals surface area contributed by atoms with Crippen molar-refractivity contribution in [3.05, 3.63) is 17.5 Å². The number of rotatable bonds is 5. The van der Waals surface area contributed by atoms with Crippen LogP contribution in [0.4, 0.5) is 13.2 Å². The summed E-state index contributed by atoms with van der Waals surface area (Å²) in [7, 11) is 0. The van der Waals surface area contributed by atoms with Crippen molar-refractivity contribution in [2.45, 2.75) is 57.0 Å². The van der Waals surface area contributed by atoms with Crippen LogP contribution in [0, 0.1) is 5.92 Å². The average Bonchev–Trinajstić information content (AvgIpc) is 3.36. The first-order chi connectivity index (χ1) is 13.3. The normalized spacial score (nSPS) is 22.9. The monoisotopic (exact) mass is 405 g/mol. The van der Waals surface area contributed by atoms with Gasteiger partial charge in [-0.25, -0.2) is 4.79 Å². The first kappa shape index (κ1) is 21.1. The molecule has 0 amide bonds. The molecule has 1 unspecified atom stereocenters. The number of hydrogen-bond donors (Lipinski definition) is 2. The number of nitrogens with one attached hydrogen (secondary N) is 1. The molecule has 2 N–H and O–H groups in total. The molecule has 7 nitrogen and oxygen atoms in total. The fraction of sp³-hybridized carbons (Fsp3) is 0.778. The van der Waals surface area contributed by atoms with Crippen LogP contribution in [0.1, 0.15) is 43.0 Å². The third-order valence-electron chi connectivity index (χ3n) is 5.06. The molecule has 4 rings (SSSR count). The summed E-state index contributed by atoms with van der Waals surface area (Å²) in [6.45, 7) is 4.54. The van der Waals surface area contributed by atoms with Gasteiger partial charge in [-0.15, -0.1) is 0 Å². The largest absolute Gasteiger partial charge is 0.490 e. The zero-order valence-corrected chi connectivity index (χ0v) is 15.6. The highest BCUT2D eigenvalue weighted by molar-refractivity contribution is 5.73. The molecular formula is C18H26F3N3O4. The Kier molecular flexibility index (Phi) is 6.95. The van der Waals surface area contributed by atoms with Crippen LogP contribution in [-0.4, -0.2) is 59.4 Å². The molecule has 0 radical (unpaired) electrons. The number of carbonyl (C=O) groups is 1. The molecule has 2 aliphatic heterocycles. The SMILES string of the molecule is O=C(O)C(F)(F)F.c1c2c(nn1CC1CC1)C(CNC1CCOCC1)OCC2. The molecule has 3 aliphatic rings. The van der Waals surface area contributed by atoms with Crippen molar-refractivity contribution in [2.24, 2.45) is 5.92 Å². The molecule has 2 fully saturated rings. The number of ether oxygens (including phenoxy) is 2. The third kappa shape index (κ3) is 6.18. The Labute approximate surface area is 161 Å². The second-order valence-electron chi connectivity index (χ2n) is 7.41. The van der Waals surface area contributed by atoms with Crippen molar-refractivity contribution >= 4 is 5.97 Å². The Morgan fingerprint density at radius 3 is 2.54 bits per heavy atom. The first-order valence-corrected chi connectivity index (χ1v) is 9.62. The van der Waals surface area contributed by atoms with Gasteiger partial charge < -0.3 is 19.9 Å². The van der Waals surface area contributed by atoms with E-state index in [1.165, 1.54) is 24.1 Å². The van der Waals surface area contributed by atoms with E-state index in [0.717, 1.165) is 58.1 Å². The average molecular weight is 405 g/mol. The van der Waals surface area contributed by atoms with Gasteiger partial charge in [0.15, 0.2) is 0 Å². The van der Waals surface area contributed by atoms with Gasteiger partial charge in [0.25, 0.3) is 0 Å². The van der Waals surface area contributed by atoms with Crippen molar-refractivity contribution in [2.75, 3.05) is 26.4 Å². The molecule has 1 saturated carbocycles. The van der Waals surface area contributed by atoms with Gasteiger partial charge >= 0.3 is 12.1 Å². The molecular weight excluding hydrogens is 379 g/mol. The van der Waals surface area contributed by atoms with Crippen LogP contribution in [0.25, 0.3) is 0 Å². The number of aliphatic carboxylic acids is 1. The van der Waals surface area contributed by atoms with Gasteiger partial charge in [0.2, 0.25) is 0 Å². The lowest BCUT2D eigenvalue weighted by Crippen LogP contribution is -2.38. The fourth-order valence-corrected chi connectivity index (χ4v) is 3.32. The third-order valence-corrected chi connectivity index (χ3v) is 5.06. The van der Waals surface area contributed by atoms with Crippen LogP contribution in [0.3, 0.4) is 0 Å². The van der Waals surface area contributed by atoms with Gasteiger partial charge in [0, 0.05) is 38.5 Å². The summed E-state index contributed by atoms with van der Waals surface area (Å²) in [5.74, 6) is -1.89. The highest BCUT2D eigenvalue weighted by Gasteiger charge is 2.38. The summed E-state index contributed by atoms with van der Waals surface area (Å²) in [6.07, 6.45) is 3.25. The van der Waals surface area contributed by atoms with Crippen LogP contribution in [0.15, 0.2) is 6.20 Å². The van der Waals surface area contributed by atoms with E-state index in [9.17, 15) is 13.2 Å². The lowest BCUT2D eigenvalue weighted by molar-refractivity contribution is -0.192. The minimum atomic E-state index is -5.08. The molecule has 1 aromatic rings. The number of carboxylic acids is 1. The Morgan fingerprint density at radius 2 is 1.93 bits per heavy atom. The van der Waals surface area contributed by atoms with Crippen LogP contribution >= 0.6 is 0 Å². The topological polar surface area (TPSA) is 85.6 Å². The maximum Gasteiger partial charge on any atom is 0.490 e. The summed E-state index contributed by atoms with van der Waals surface area (Å²) in [6, 6.07) is 0.571. The van der Waals surface area contributed by atoms with E-state index in [1.807, 2.05) is 0 Å². The number of nitrogens with zero attached hydrogens (tertiary/aromatic N) is 2. The minimum absolute atomic E-state index is 0.122. The molecule has 1 atom stereocenters. The molecule has 0 aromatic carbocycles. The van der Waals surface area contributed by atoms with Crippen molar-refractivity contribution in [1.29, 1.82) is 0 Å². The number of hydrogen-bond acceptors (Lipinski definition) is 5. The lowest BCUT2D eigenvalue weighted by atomic mass is 10.0. The number of fused-ring (bicyclic) bond motifs is 1. The number of halogens is 3. The molecule has 1 aromatic heterocycles. The maximum atomic E-state index is 10.6. The van der Waals surface area contributed by atoms with E-state index in [4.69, 9.17) is 24.5 Å². The highest BCUT2D eigenvalue weighted by Crippen LogP contribution is 2.32. The zero-order chi connectivity index (χ0) is 20.1. The number of alkyl halides is 3. The number of carboxylic acid groups (broad SMARTS) is 1. The van der Waals surface area contributed by atoms with E-state index in [1.54, 1.807) is 0 Å². The van der Waals surface area contributed by atoms with Gasteiger partial charge in [0.05, 0.1) is 12.3 Å². The summed E-state index contributed by atoms with van der Waals surface area (Å²) >= 11 is 0. The van der Waals surface area contributed by atoms with E-state index < -0.39 is 12.1 Å². The Bertz CT molecular complexity index is 655. The molecule has 158 valence electrons. The predicted molar refractivity (Wildman–Crippen MR) is 92.9 cm³/mol. The van der Waals surface area contributed by atoms with E-state index >= 15 is 0 Å². The predicted octanol–water partition coefficient (Wildman–Crippen LogP) is 2.31. The van der Waals surface area contributed by atoms with Crippen LogP contribution in [-0.2, 0) is 27.2 Å². The molecule has 3 heterocycles. The standard InChI is InChI=1S/C16H25N3O2.C2HF3O2/c1-2-12(1)10-19-11-13-3-8-21-15(16(13)18-19)9-17-14-4-6-20-7-5-14;3-2(4,5)1(6)7/h11-12,14-15,17H,1-10H2;(H,6,7). The van der Waals surface area contributed by atoms with Gasteiger partial charge in [-0.2, -0.15) is 18.3 Å². The molecule has 1 saturated heterocycles. The van der Waals surface area contributed by atoms with E-state index in [-0.39, 0.29) is 6.10 Å². The van der Waals surface area contributed by atoms with Crippen LogP contribution in [0.5, 0.6) is 0 Å². The smallest absolute Gasteiger partial charge is 0.475 e. The van der Waals surface area contributed by atoms with Gasteiger partial charge in [-0.05, 0) is 43.6 Å². The van der Waals surface area contributed by atoms with Gasteiger partial charge in [-0.3, -0.25) is 4.68 Å².